The molecule has 0 heterocycles. The molecule has 0 aliphatic heterocycles. The van der Waals surface area contributed by atoms with E-state index in [0.717, 1.165) is 0 Å². The van der Waals surface area contributed by atoms with Gasteiger partial charge < -0.3 is 0 Å². The number of rotatable bonds is 4. The van der Waals surface area contributed by atoms with E-state index in [1.807, 2.05) is 13.8 Å². The summed E-state index contributed by atoms with van der Waals surface area (Å²) in [6.45, 7) is 5.16. The minimum absolute atomic E-state index is 0.0544. The van der Waals surface area contributed by atoms with E-state index in [9.17, 15) is 9.18 Å². The minimum Gasteiger partial charge on any atom is -0.299 e. The van der Waals surface area contributed by atoms with Gasteiger partial charge in [-0.05, 0) is 13.3 Å². The van der Waals surface area contributed by atoms with E-state index in [0.29, 0.717) is 12.8 Å². The van der Waals surface area contributed by atoms with Crippen molar-refractivity contribution in [3.8, 4) is 0 Å². The number of Topliss-reactive ketones (excluding diaryl/α,β-unsaturated/α-hetero) is 1. The van der Waals surface area contributed by atoms with E-state index in [-0.39, 0.29) is 11.7 Å². The molecule has 2 heteroatoms. The van der Waals surface area contributed by atoms with Gasteiger partial charge in [0.05, 0.1) is 6.17 Å². The summed E-state index contributed by atoms with van der Waals surface area (Å²) >= 11 is 0. The Morgan fingerprint density at radius 2 is 1.90 bits per heavy atom. The van der Waals surface area contributed by atoms with Gasteiger partial charge in [0.2, 0.25) is 0 Å². The fourth-order valence-corrected chi connectivity index (χ4v) is 0.630. The summed E-state index contributed by atoms with van der Waals surface area (Å²) in [4.78, 5) is 10.9. The number of carbonyl (C=O) groups excluding carboxylic acids is 1. The molecule has 0 saturated carbocycles. The Labute approximate surface area is 61.6 Å². The van der Waals surface area contributed by atoms with E-state index < -0.39 is 6.17 Å². The quantitative estimate of drug-likeness (QED) is 0.595. The maximum absolute atomic E-state index is 12.2. The van der Waals surface area contributed by atoms with Crippen LogP contribution in [0.3, 0.4) is 0 Å². The predicted octanol–water partition coefficient (Wildman–Crippen LogP) is 2.35. The molecule has 1 nitrogen and oxygen atoms in total. The zero-order valence-electron chi connectivity index (χ0n) is 6.86. The third kappa shape index (κ3) is 4.48. The van der Waals surface area contributed by atoms with Gasteiger partial charge in [-0.3, -0.25) is 4.79 Å². The highest BCUT2D eigenvalue weighted by Gasteiger charge is 2.08. The van der Waals surface area contributed by atoms with Gasteiger partial charge in [-0.1, -0.05) is 13.8 Å². The predicted molar refractivity (Wildman–Crippen MR) is 39.6 cm³/mol. The van der Waals surface area contributed by atoms with Crippen LogP contribution in [0.2, 0.25) is 0 Å². The second-order valence-electron chi connectivity index (χ2n) is 2.94. The van der Waals surface area contributed by atoms with Crippen molar-refractivity contribution in [3.63, 3.8) is 0 Å². The maximum atomic E-state index is 12.2. The van der Waals surface area contributed by atoms with E-state index in [1.165, 1.54) is 6.92 Å². The molecule has 0 radical (unpaired) electrons. The number of hydrogen-bond donors (Lipinski definition) is 0. The van der Waals surface area contributed by atoms with Crippen LogP contribution >= 0.6 is 0 Å². The normalized spacial score (nSPS) is 13.7. The monoisotopic (exact) mass is 146 g/mol. The Morgan fingerprint density at radius 1 is 1.40 bits per heavy atom. The molecule has 0 saturated heterocycles. The van der Waals surface area contributed by atoms with E-state index >= 15 is 0 Å². The van der Waals surface area contributed by atoms with Gasteiger partial charge in [0, 0.05) is 12.3 Å². The molecule has 1 unspecified atom stereocenters. The summed E-state index contributed by atoms with van der Waals surface area (Å²) < 4.78 is 12.2. The average Bonchev–Trinajstić information content (AvgIpc) is 1.82. The van der Waals surface area contributed by atoms with Crippen molar-refractivity contribution < 1.29 is 9.18 Å². The number of halogens is 1. The summed E-state index contributed by atoms with van der Waals surface area (Å²) in [5, 5.41) is 0. The minimum atomic E-state index is -0.845. The first-order chi connectivity index (χ1) is 4.54. The summed E-state index contributed by atoms with van der Waals surface area (Å²) in [5.74, 6) is 0.211. The van der Waals surface area contributed by atoms with Gasteiger partial charge in [-0.25, -0.2) is 4.39 Å². The standard InChI is InChI=1S/C8H15FO/c1-6(2)8(10)5-4-7(3)9/h6-7H,4-5H2,1-3H3. The third-order valence-electron chi connectivity index (χ3n) is 1.43. The molecule has 0 aliphatic carbocycles. The molecule has 0 N–H and O–H groups in total. The molecule has 0 aromatic rings. The lowest BCUT2D eigenvalue weighted by atomic mass is 10.0. The van der Waals surface area contributed by atoms with Gasteiger partial charge in [0.15, 0.2) is 0 Å². The maximum Gasteiger partial charge on any atom is 0.135 e. The number of alkyl halides is 1. The summed E-state index contributed by atoms with van der Waals surface area (Å²) in [7, 11) is 0. The molecular weight excluding hydrogens is 131 g/mol. The molecule has 0 amide bonds. The molecule has 0 fully saturated rings. The second kappa shape index (κ2) is 4.42. The Kier molecular flexibility index (Phi) is 4.24. The zero-order valence-corrected chi connectivity index (χ0v) is 6.86. The molecular formula is C8H15FO. The summed E-state index contributed by atoms with van der Waals surface area (Å²) in [6, 6.07) is 0. The van der Waals surface area contributed by atoms with Crippen LogP contribution in [-0.2, 0) is 4.79 Å². The van der Waals surface area contributed by atoms with Crippen molar-refractivity contribution in [1.82, 2.24) is 0 Å². The van der Waals surface area contributed by atoms with Crippen LogP contribution in [-0.4, -0.2) is 12.0 Å². The SMILES string of the molecule is CC(F)CCC(=O)C(C)C. The summed E-state index contributed by atoms with van der Waals surface area (Å²) in [6.07, 6.45) is -0.0884. The second-order valence-corrected chi connectivity index (χ2v) is 2.94. The van der Waals surface area contributed by atoms with Gasteiger partial charge >= 0.3 is 0 Å². The zero-order chi connectivity index (χ0) is 8.15. The van der Waals surface area contributed by atoms with Crippen molar-refractivity contribution in [2.45, 2.75) is 39.8 Å². The Hall–Kier alpha value is -0.400. The van der Waals surface area contributed by atoms with E-state index in [2.05, 4.69) is 0 Å². The third-order valence-corrected chi connectivity index (χ3v) is 1.43. The highest BCUT2D eigenvalue weighted by Crippen LogP contribution is 2.05. The molecule has 0 aromatic carbocycles. The molecule has 1 atom stereocenters. The molecule has 0 rings (SSSR count). The smallest absolute Gasteiger partial charge is 0.135 e. The molecule has 0 aliphatic rings. The lowest BCUT2D eigenvalue weighted by molar-refractivity contribution is -0.122. The van der Waals surface area contributed by atoms with Crippen molar-refractivity contribution in [2.75, 3.05) is 0 Å². The Morgan fingerprint density at radius 3 is 2.20 bits per heavy atom. The van der Waals surface area contributed by atoms with Gasteiger partial charge in [-0.15, -0.1) is 0 Å². The number of carbonyl (C=O) groups is 1. The van der Waals surface area contributed by atoms with E-state index in [4.69, 9.17) is 0 Å². The fraction of sp³-hybridized carbons (Fsp3) is 0.875. The van der Waals surface area contributed by atoms with Gasteiger partial charge in [0.25, 0.3) is 0 Å². The first-order valence-electron chi connectivity index (χ1n) is 3.70. The molecule has 0 aromatic heterocycles. The first kappa shape index (κ1) is 9.60. The van der Waals surface area contributed by atoms with Crippen molar-refractivity contribution >= 4 is 5.78 Å². The molecule has 10 heavy (non-hydrogen) atoms. The largest absolute Gasteiger partial charge is 0.299 e. The lowest BCUT2D eigenvalue weighted by Crippen LogP contribution is -2.08. The van der Waals surface area contributed by atoms with Crippen molar-refractivity contribution in [3.05, 3.63) is 0 Å². The van der Waals surface area contributed by atoms with Crippen LogP contribution in [0.1, 0.15) is 33.6 Å². The highest BCUT2D eigenvalue weighted by molar-refractivity contribution is 5.80. The van der Waals surface area contributed by atoms with Gasteiger partial charge in [-0.2, -0.15) is 0 Å². The Balaban J connectivity index is 3.40. The lowest BCUT2D eigenvalue weighted by Gasteiger charge is -2.03. The van der Waals surface area contributed by atoms with Crippen LogP contribution in [0.15, 0.2) is 0 Å². The highest BCUT2D eigenvalue weighted by atomic mass is 19.1. The van der Waals surface area contributed by atoms with Crippen LogP contribution < -0.4 is 0 Å². The van der Waals surface area contributed by atoms with Crippen LogP contribution in [0.4, 0.5) is 4.39 Å². The van der Waals surface area contributed by atoms with Crippen LogP contribution in [0, 0.1) is 5.92 Å². The molecule has 60 valence electrons. The Bertz CT molecular complexity index is 108. The topological polar surface area (TPSA) is 17.1 Å². The van der Waals surface area contributed by atoms with Crippen molar-refractivity contribution in [2.24, 2.45) is 5.92 Å². The average molecular weight is 146 g/mol. The fourth-order valence-electron chi connectivity index (χ4n) is 0.630. The number of hydrogen-bond acceptors (Lipinski definition) is 1. The molecule has 0 bridgehead atoms. The number of ketones is 1. The van der Waals surface area contributed by atoms with Gasteiger partial charge in [0.1, 0.15) is 5.78 Å². The first-order valence-corrected chi connectivity index (χ1v) is 3.70. The molecule has 0 spiro atoms. The van der Waals surface area contributed by atoms with Crippen molar-refractivity contribution in [1.29, 1.82) is 0 Å². The van der Waals surface area contributed by atoms with E-state index in [1.54, 1.807) is 0 Å². The van der Waals surface area contributed by atoms with Crippen LogP contribution in [0.5, 0.6) is 0 Å². The summed E-state index contributed by atoms with van der Waals surface area (Å²) in [5.41, 5.74) is 0. The van der Waals surface area contributed by atoms with Crippen LogP contribution in [0.25, 0.3) is 0 Å².